The minimum absolute atomic E-state index is 0.106. The molecule has 0 aliphatic carbocycles. The molecule has 7 nitrogen and oxygen atoms in total. The van der Waals surface area contributed by atoms with E-state index >= 15 is 0 Å². The van der Waals surface area contributed by atoms with Gasteiger partial charge in [-0.3, -0.25) is 4.79 Å². The molecule has 1 amide bonds. The van der Waals surface area contributed by atoms with Crippen molar-refractivity contribution in [1.82, 2.24) is 15.3 Å². The minimum atomic E-state index is -1.03. The molecule has 0 bridgehead atoms. The molecule has 1 rings (SSSR count). The summed E-state index contributed by atoms with van der Waals surface area (Å²) >= 11 is 0. The van der Waals surface area contributed by atoms with Crippen LogP contribution in [-0.2, 0) is 11.3 Å². The van der Waals surface area contributed by atoms with Crippen LogP contribution in [0.25, 0.3) is 0 Å². The van der Waals surface area contributed by atoms with Gasteiger partial charge in [0.2, 0.25) is 5.91 Å². The van der Waals surface area contributed by atoms with E-state index in [1.807, 2.05) is 0 Å². The van der Waals surface area contributed by atoms with Crippen LogP contribution >= 0.6 is 0 Å². The number of aromatic nitrogens is 2. The van der Waals surface area contributed by atoms with E-state index in [4.69, 9.17) is 10.9 Å². The number of nitrogens with zero attached hydrogens (tertiary/aromatic N) is 3. The second kappa shape index (κ2) is 5.95. The molecule has 0 aliphatic rings. The number of amides is 1. The van der Waals surface area contributed by atoms with E-state index in [9.17, 15) is 4.79 Å². The molecule has 1 unspecified atom stereocenters. The first-order chi connectivity index (χ1) is 8.54. The van der Waals surface area contributed by atoms with E-state index in [1.54, 1.807) is 26.1 Å². The van der Waals surface area contributed by atoms with Crippen molar-refractivity contribution in [2.45, 2.75) is 26.8 Å². The molecule has 0 fully saturated rings. The average molecular weight is 251 g/mol. The van der Waals surface area contributed by atoms with E-state index < -0.39 is 5.41 Å². The van der Waals surface area contributed by atoms with Gasteiger partial charge in [0.25, 0.3) is 0 Å². The number of oxime groups is 1. The summed E-state index contributed by atoms with van der Waals surface area (Å²) in [6.07, 6.45) is 3.43. The Morgan fingerprint density at radius 1 is 1.67 bits per heavy atom. The first-order valence-corrected chi connectivity index (χ1v) is 5.55. The Hall–Kier alpha value is -2.18. The van der Waals surface area contributed by atoms with Crippen molar-refractivity contribution in [3.8, 4) is 0 Å². The summed E-state index contributed by atoms with van der Waals surface area (Å²) in [5.41, 5.74) is 5.21. The van der Waals surface area contributed by atoms with Gasteiger partial charge in [-0.05, 0) is 19.4 Å². The summed E-state index contributed by atoms with van der Waals surface area (Å²) in [4.78, 5) is 19.8. The van der Waals surface area contributed by atoms with Crippen molar-refractivity contribution < 1.29 is 10.0 Å². The number of hydrogen-bond acceptors (Lipinski definition) is 5. The van der Waals surface area contributed by atoms with Gasteiger partial charge in [-0.1, -0.05) is 12.1 Å². The van der Waals surface area contributed by atoms with Crippen LogP contribution in [0, 0.1) is 5.41 Å². The molecule has 1 heterocycles. The molecule has 4 N–H and O–H groups in total. The van der Waals surface area contributed by atoms with Crippen molar-refractivity contribution in [3.05, 3.63) is 24.3 Å². The highest BCUT2D eigenvalue weighted by Gasteiger charge is 2.36. The van der Waals surface area contributed by atoms with Crippen LogP contribution in [-0.4, -0.2) is 26.9 Å². The molecule has 0 spiro atoms. The lowest BCUT2D eigenvalue weighted by molar-refractivity contribution is -0.127. The lowest BCUT2D eigenvalue weighted by atomic mass is 9.85. The summed E-state index contributed by atoms with van der Waals surface area (Å²) in [5.74, 6) is -0.413. The number of hydrogen-bond donors (Lipinski definition) is 3. The molecular weight excluding hydrogens is 234 g/mol. The lowest BCUT2D eigenvalue weighted by Gasteiger charge is -2.25. The standard InChI is InChI=1S/C11H17N5O2/c1-3-11(2,9(12)16-18)10(17)14-6-8-4-5-13-7-15-8/h4-5,7,18H,3,6H2,1-2H3,(H2,12,16)(H,14,17). The highest BCUT2D eigenvalue weighted by Crippen LogP contribution is 2.21. The van der Waals surface area contributed by atoms with Crippen LogP contribution in [0.2, 0.25) is 0 Å². The summed E-state index contributed by atoms with van der Waals surface area (Å²) in [7, 11) is 0. The number of nitrogens with one attached hydrogen (secondary N) is 1. The second-order valence-corrected chi connectivity index (χ2v) is 4.05. The fourth-order valence-electron chi connectivity index (χ4n) is 1.36. The maximum atomic E-state index is 12.0. The fourth-order valence-corrected chi connectivity index (χ4v) is 1.36. The van der Waals surface area contributed by atoms with Gasteiger partial charge >= 0.3 is 0 Å². The number of carbonyl (C=O) groups excluding carboxylic acids is 1. The SMILES string of the molecule is CCC(C)(C(=O)NCc1ccncn1)/C(N)=N/O. The van der Waals surface area contributed by atoms with Gasteiger partial charge in [-0.25, -0.2) is 9.97 Å². The largest absolute Gasteiger partial charge is 0.409 e. The van der Waals surface area contributed by atoms with E-state index in [0.717, 1.165) is 0 Å². The Bertz CT molecular complexity index is 434. The van der Waals surface area contributed by atoms with Gasteiger partial charge in [-0.15, -0.1) is 0 Å². The van der Waals surface area contributed by atoms with E-state index in [-0.39, 0.29) is 18.3 Å². The molecule has 1 aromatic rings. The number of nitrogens with two attached hydrogens (primary N) is 1. The van der Waals surface area contributed by atoms with Gasteiger partial charge in [0.15, 0.2) is 5.84 Å². The molecule has 98 valence electrons. The third kappa shape index (κ3) is 2.93. The molecule has 18 heavy (non-hydrogen) atoms. The average Bonchev–Trinajstić information content (AvgIpc) is 2.43. The summed E-state index contributed by atoms with van der Waals surface area (Å²) < 4.78 is 0. The van der Waals surface area contributed by atoms with Crippen LogP contribution in [0.5, 0.6) is 0 Å². The smallest absolute Gasteiger partial charge is 0.233 e. The van der Waals surface area contributed by atoms with Gasteiger partial charge in [-0.2, -0.15) is 0 Å². The highest BCUT2D eigenvalue weighted by molar-refractivity contribution is 6.06. The van der Waals surface area contributed by atoms with Crippen molar-refractivity contribution in [3.63, 3.8) is 0 Å². The molecular formula is C11H17N5O2. The molecule has 1 aromatic heterocycles. The predicted octanol–water partition coefficient (Wildman–Crippen LogP) is 0.255. The number of rotatable bonds is 5. The van der Waals surface area contributed by atoms with Crippen LogP contribution in [0.3, 0.4) is 0 Å². The molecule has 0 aromatic carbocycles. The fraction of sp³-hybridized carbons (Fsp3) is 0.455. The topological polar surface area (TPSA) is 113 Å². The number of carbonyl (C=O) groups is 1. The minimum Gasteiger partial charge on any atom is -0.409 e. The van der Waals surface area contributed by atoms with Gasteiger partial charge in [0.05, 0.1) is 12.2 Å². The lowest BCUT2D eigenvalue weighted by Crippen LogP contribution is -2.47. The Labute approximate surface area is 105 Å². The normalized spacial score (nSPS) is 14.9. The first kappa shape index (κ1) is 13.9. The molecule has 0 saturated carbocycles. The van der Waals surface area contributed by atoms with E-state index in [1.165, 1.54) is 6.33 Å². The van der Waals surface area contributed by atoms with Crippen LogP contribution in [0.4, 0.5) is 0 Å². The van der Waals surface area contributed by atoms with Crippen molar-refractivity contribution in [2.24, 2.45) is 16.3 Å². The van der Waals surface area contributed by atoms with Crippen LogP contribution in [0.15, 0.2) is 23.7 Å². The van der Waals surface area contributed by atoms with Gasteiger partial charge < -0.3 is 16.3 Å². The zero-order chi connectivity index (χ0) is 13.6. The Morgan fingerprint density at radius 3 is 2.89 bits per heavy atom. The second-order valence-electron chi connectivity index (χ2n) is 4.05. The number of amidine groups is 1. The van der Waals surface area contributed by atoms with Crippen molar-refractivity contribution in [1.29, 1.82) is 0 Å². The highest BCUT2D eigenvalue weighted by atomic mass is 16.4. The van der Waals surface area contributed by atoms with Crippen LogP contribution in [0.1, 0.15) is 26.0 Å². The summed E-state index contributed by atoms with van der Waals surface area (Å²) in [6, 6.07) is 1.70. The maximum absolute atomic E-state index is 12.0. The zero-order valence-corrected chi connectivity index (χ0v) is 10.4. The van der Waals surface area contributed by atoms with E-state index in [2.05, 4.69) is 20.4 Å². The van der Waals surface area contributed by atoms with Crippen molar-refractivity contribution >= 4 is 11.7 Å². The molecule has 7 heteroatoms. The molecule has 0 aliphatic heterocycles. The Kier molecular flexibility index (Phi) is 4.59. The van der Waals surface area contributed by atoms with Gasteiger partial charge in [0, 0.05) is 6.20 Å². The Balaban J connectivity index is 2.70. The maximum Gasteiger partial charge on any atom is 0.233 e. The third-order valence-electron chi connectivity index (χ3n) is 2.95. The van der Waals surface area contributed by atoms with E-state index in [0.29, 0.717) is 12.1 Å². The third-order valence-corrected chi connectivity index (χ3v) is 2.95. The zero-order valence-electron chi connectivity index (χ0n) is 10.4. The monoisotopic (exact) mass is 251 g/mol. The van der Waals surface area contributed by atoms with Crippen molar-refractivity contribution in [2.75, 3.05) is 0 Å². The summed E-state index contributed by atoms with van der Waals surface area (Å²) in [6.45, 7) is 3.69. The van der Waals surface area contributed by atoms with Crippen LogP contribution < -0.4 is 11.1 Å². The first-order valence-electron chi connectivity index (χ1n) is 5.55. The molecule has 1 atom stereocenters. The molecule has 0 saturated heterocycles. The van der Waals surface area contributed by atoms with Gasteiger partial charge in [0.1, 0.15) is 11.7 Å². The molecule has 0 radical (unpaired) electrons. The Morgan fingerprint density at radius 2 is 2.39 bits per heavy atom. The predicted molar refractivity (Wildman–Crippen MR) is 65.7 cm³/mol. The quantitative estimate of drug-likeness (QED) is 0.300. The summed E-state index contributed by atoms with van der Waals surface area (Å²) in [5, 5.41) is 14.3.